The molecule has 0 heterocycles. The van der Waals surface area contributed by atoms with Gasteiger partial charge < -0.3 is 5.32 Å². The zero-order valence-electron chi connectivity index (χ0n) is 15.0. The van der Waals surface area contributed by atoms with Crippen LogP contribution in [0.4, 0.5) is 15.8 Å². The minimum absolute atomic E-state index is 0.0366. The van der Waals surface area contributed by atoms with Crippen molar-refractivity contribution < 1.29 is 17.6 Å². The maximum absolute atomic E-state index is 14.0. The first kappa shape index (κ1) is 21.3. The summed E-state index contributed by atoms with van der Waals surface area (Å²) in [6, 6.07) is 14.7. The molecule has 0 aliphatic heterocycles. The van der Waals surface area contributed by atoms with Crippen molar-refractivity contribution in [2.75, 3.05) is 10.0 Å². The number of carbonyl (C=O) groups excluding carboxylic acids is 1. The average Bonchev–Trinajstić information content (AvgIpc) is 2.63. The van der Waals surface area contributed by atoms with Crippen LogP contribution in [-0.4, -0.2) is 14.3 Å². The van der Waals surface area contributed by atoms with Gasteiger partial charge in [0, 0.05) is 10.2 Å². The summed E-state index contributed by atoms with van der Waals surface area (Å²) in [7, 11) is -3.96. The van der Waals surface area contributed by atoms with Gasteiger partial charge in [0.15, 0.2) is 0 Å². The van der Waals surface area contributed by atoms with Crippen LogP contribution in [0.5, 0.6) is 0 Å². The molecule has 0 radical (unpaired) electrons. The summed E-state index contributed by atoms with van der Waals surface area (Å²) in [5.41, 5.74) is 1.13. The first-order valence-electron chi connectivity index (χ1n) is 8.31. The molecule has 150 valence electrons. The lowest BCUT2D eigenvalue weighted by molar-refractivity contribution is 0.102. The van der Waals surface area contributed by atoms with Crippen molar-refractivity contribution in [1.29, 1.82) is 0 Å². The Labute approximate surface area is 181 Å². The number of benzene rings is 3. The number of rotatable bonds is 5. The second kappa shape index (κ2) is 8.52. The second-order valence-electron chi connectivity index (χ2n) is 6.19. The molecule has 5 nitrogen and oxygen atoms in total. The van der Waals surface area contributed by atoms with Crippen LogP contribution in [-0.2, 0) is 10.0 Å². The first-order chi connectivity index (χ1) is 13.7. The Hall–Kier alpha value is -2.42. The van der Waals surface area contributed by atoms with Gasteiger partial charge in [-0.15, -0.1) is 0 Å². The van der Waals surface area contributed by atoms with Gasteiger partial charge in [0.05, 0.1) is 21.2 Å². The van der Waals surface area contributed by atoms with Crippen molar-refractivity contribution in [2.45, 2.75) is 11.8 Å². The van der Waals surface area contributed by atoms with Crippen LogP contribution < -0.4 is 10.0 Å². The van der Waals surface area contributed by atoms with Crippen LogP contribution in [0.3, 0.4) is 0 Å². The fourth-order valence-corrected chi connectivity index (χ4v) is 4.16. The summed E-state index contributed by atoms with van der Waals surface area (Å²) < 4.78 is 42.4. The van der Waals surface area contributed by atoms with E-state index in [-0.39, 0.29) is 21.2 Å². The number of hydrogen-bond donors (Lipinski definition) is 2. The Morgan fingerprint density at radius 2 is 1.83 bits per heavy atom. The van der Waals surface area contributed by atoms with Crippen LogP contribution >= 0.6 is 27.5 Å². The van der Waals surface area contributed by atoms with E-state index in [9.17, 15) is 17.6 Å². The lowest BCUT2D eigenvalue weighted by atomic mass is 10.2. The van der Waals surface area contributed by atoms with E-state index in [4.69, 9.17) is 11.6 Å². The van der Waals surface area contributed by atoms with Gasteiger partial charge in [-0.1, -0.05) is 39.7 Å². The molecule has 0 saturated carbocycles. The number of amides is 1. The molecular formula is C20H15BrClFN2O3S. The summed E-state index contributed by atoms with van der Waals surface area (Å²) >= 11 is 9.21. The number of sulfonamides is 1. The van der Waals surface area contributed by atoms with E-state index < -0.39 is 21.7 Å². The molecule has 1 amide bonds. The van der Waals surface area contributed by atoms with E-state index in [0.717, 1.165) is 11.6 Å². The molecule has 0 spiro atoms. The number of hydrogen-bond acceptors (Lipinski definition) is 3. The highest BCUT2D eigenvalue weighted by molar-refractivity contribution is 9.10. The average molecular weight is 498 g/mol. The Kier molecular flexibility index (Phi) is 6.26. The maximum Gasteiger partial charge on any atom is 0.261 e. The van der Waals surface area contributed by atoms with Crippen LogP contribution in [0, 0.1) is 12.7 Å². The largest absolute Gasteiger partial charge is 0.319 e. The van der Waals surface area contributed by atoms with E-state index in [1.54, 1.807) is 24.3 Å². The van der Waals surface area contributed by atoms with E-state index in [0.29, 0.717) is 10.2 Å². The van der Waals surface area contributed by atoms with E-state index in [1.165, 1.54) is 24.3 Å². The highest BCUT2D eigenvalue weighted by atomic mass is 79.9. The Morgan fingerprint density at radius 3 is 2.52 bits per heavy atom. The van der Waals surface area contributed by atoms with Gasteiger partial charge in [-0.2, -0.15) is 0 Å². The molecule has 3 aromatic rings. The third-order valence-corrected chi connectivity index (χ3v) is 6.14. The van der Waals surface area contributed by atoms with Crippen molar-refractivity contribution in [3.63, 3.8) is 0 Å². The molecule has 9 heteroatoms. The normalized spacial score (nSPS) is 11.2. The number of anilines is 2. The molecule has 0 saturated heterocycles. The predicted molar refractivity (Wildman–Crippen MR) is 115 cm³/mol. The van der Waals surface area contributed by atoms with Gasteiger partial charge >= 0.3 is 0 Å². The molecule has 0 fully saturated rings. The summed E-state index contributed by atoms with van der Waals surface area (Å²) in [5.74, 6) is -1.38. The van der Waals surface area contributed by atoms with Crippen LogP contribution in [0.25, 0.3) is 0 Å². The lowest BCUT2D eigenvalue weighted by Crippen LogP contribution is -2.17. The first-order valence-corrected chi connectivity index (χ1v) is 11.0. The molecule has 0 atom stereocenters. The molecule has 3 aromatic carbocycles. The fourth-order valence-electron chi connectivity index (χ4n) is 2.55. The number of halogens is 3. The summed E-state index contributed by atoms with van der Waals surface area (Å²) in [6.45, 7) is 1.84. The van der Waals surface area contributed by atoms with Crippen molar-refractivity contribution in [1.82, 2.24) is 0 Å². The zero-order valence-corrected chi connectivity index (χ0v) is 18.2. The summed E-state index contributed by atoms with van der Waals surface area (Å²) in [4.78, 5) is 12.4. The van der Waals surface area contributed by atoms with Gasteiger partial charge in [0.25, 0.3) is 15.9 Å². The van der Waals surface area contributed by atoms with Crippen molar-refractivity contribution in [3.8, 4) is 0 Å². The Bertz CT molecular complexity index is 1200. The van der Waals surface area contributed by atoms with Crippen molar-refractivity contribution in [2.24, 2.45) is 0 Å². The zero-order chi connectivity index (χ0) is 21.2. The minimum atomic E-state index is -3.96. The minimum Gasteiger partial charge on any atom is -0.319 e. The standard InChI is InChI=1S/C20H15BrClFN2O3S/c1-12-3-2-4-14(9-12)25-29(27,28)15-6-7-17(22)16(11-15)20(26)24-19-8-5-13(21)10-18(19)23/h2-11,25H,1H3,(H,24,26). The summed E-state index contributed by atoms with van der Waals surface area (Å²) in [6.07, 6.45) is 0. The molecule has 2 N–H and O–H groups in total. The smallest absolute Gasteiger partial charge is 0.261 e. The Morgan fingerprint density at radius 1 is 1.07 bits per heavy atom. The van der Waals surface area contributed by atoms with E-state index >= 15 is 0 Å². The lowest BCUT2D eigenvalue weighted by Gasteiger charge is -2.12. The van der Waals surface area contributed by atoms with Crippen LogP contribution in [0.15, 0.2) is 70.0 Å². The molecule has 0 unspecified atom stereocenters. The van der Waals surface area contributed by atoms with Crippen LogP contribution in [0.1, 0.15) is 15.9 Å². The Balaban J connectivity index is 1.89. The molecule has 0 aliphatic carbocycles. The van der Waals surface area contributed by atoms with Gasteiger partial charge in [-0.3, -0.25) is 9.52 Å². The second-order valence-corrected chi connectivity index (χ2v) is 9.20. The molecule has 29 heavy (non-hydrogen) atoms. The SMILES string of the molecule is Cc1cccc(NS(=O)(=O)c2ccc(Cl)c(C(=O)Nc3ccc(Br)cc3F)c2)c1. The molecule has 3 rings (SSSR count). The number of nitrogens with one attached hydrogen (secondary N) is 2. The van der Waals surface area contributed by atoms with E-state index in [2.05, 4.69) is 26.0 Å². The summed E-state index contributed by atoms with van der Waals surface area (Å²) in [5, 5.41) is 2.43. The van der Waals surface area contributed by atoms with Gasteiger partial charge in [0.1, 0.15) is 5.82 Å². The third-order valence-electron chi connectivity index (χ3n) is 3.94. The van der Waals surface area contributed by atoms with Crippen molar-refractivity contribution >= 4 is 54.8 Å². The quantitative estimate of drug-likeness (QED) is 0.481. The number of carbonyl (C=O) groups is 1. The van der Waals surface area contributed by atoms with Gasteiger partial charge in [-0.25, -0.2) is 12.8 Å². The molecule has 0 aliphatic rings. The van der Waals surface area contributed by atoms with Crippen LogP contribution in [0.2, 0.25) is 5.02 Å². The fraction of sp³-hybridized carbons (Fsp3) is 0.0500. The number of aryl methyl sites for hydroxylation is 1. The van der Waals surface area contributed by atoms with Gasteiger partial charge in [0.2, 0.25) is 0 Å². The molecule has 0 bridgehead atoms. The molecule has 0 aromatic heterocycles. The van der Waals surface area contributed by atoms with E-state index in [1.807, 2.05) is 13.0 Å². The third kappa shape index (κ3) is 5.14. The molecular weight excluding hydrogens is 483 g/mol. The monoisotopic (exact) mass is 496 g/mol. The van der Waals surface area contributed by atoms with Gasteiger partial charge in [-0.05, 0) is 61.0 Å². The van der Waals surface area contributed by atoms with Crippen molar-refractivity contribution in [3.05, 3.63) is 87.1 Å². The topological polar surface area (TPSA) is 75.3 Å². The maximum atomic E-state index is 14.0. The predicted octanol–water partition coefficient (Wildman–Crippen LogP) is 5.60. The highest BCUT2D eigenvalue weighted by Gasteiger charge is 2.20. The highest BCUT2D eigenvalue weighted by Crippen LogP contribution is 2.25.